The number of benzene rings is 1. The second-order valence-corrected chi connectivity index (χ2v) is 4.09. The molecule has 0 aliphatic heterocycles. The van der Waals surface area contributed by atoms with E-state index in [0.29, 0.717) is 6.42 Å². The zero-order chi connectivity index (χ0) is 12.3. The first-order valence-electron chi connectivity index (χ1n) is 5.62. The van der Waals surface area contributed by atoms with Crippen molar-refractivity contribution in [3.05, 3.63) is 47.7 Å². The van der Waals surface area contributed by atoms with Gasteiger partial charge in [-0.3, -0.25) is 4.79 Å². The van der Waals surface area contributed by atoms with E-state index in [9.17, 15) is 4.79 Å². The lowest BCUT2D eigenvalue weighted by molar-refractivity contribution is -0.136. The van der Waals surface area contributed by atoms with Crippen molar-refractivity contribution in [1.29, 1.82) is 0 Å². The SMILES string of the molecule is Cc1[nH]c(-c2ccccc2)cc1CCC(=O)O. The molecule has 0 saturated heterocycles. The number of hydrogen-bond acceptors (Lipinski definition) is 1. The van der Waals surface area contributed by atoms with Crippen molar-refractivity contribution in [2.45, 2.75) is 19.8 Å². The van der Waals surface area contributed by atoms with Gasteiger partial charge in [-0.2, -0.15) is 0 Å². The third kappa shape index (κ3) is 2.75. The molecule has 0 atom stereocenters. The highest BCUT2D eigenvalue weighted by Crippen LogP contribution is 2.22. The van der Waals surface area contributed by atoms with E-state index < -0.39 is 5.97 Å². The van der Waals surface area contributed by atoms with Crippen molar-refractivity contribution in [3.63, 3.8) is 0 Å². The number of carboxylic acids is 1. The minimum atomic E-state index is -0.758. The van der Waals surface area contributed by atoms with E-state index >= 15 is 0 Å². The number of hydrogen-bond donors (Lipinski definition) is 2. The summed E-state index contributed by atoms with van der Waals surface area (Å²) in [4.78, 5) is 13.8. The summed E-state index contributed by atoms with van der Waals surface area (Å²) in [5, 5.41) is 8.68. The molecule has 3 nitrogen and oxygen atoms in total. The molecule has 2 N–H and O–H groups in total. The van der Waals surface area contributed by atoms with Gasteiger partial charge < -0.3 is 10.1 Å². The summed E-state index contributed by atoms with van der Waals surface area (Å²) in [6.45, 7) is 1.98. The van der Waals surface area contributed by atoms with Crippen LogP contribution in [-0.4, -0.2) is 16.1 Å². The van der Waals surface area contributed by atoms with Gasteiger partial charge in [0.05, 0.1) is 0 Å². The number of rotatable bonds is 4. The number of aromatic amines is 1. The Hall–Kier alpha value is -2.03. The van der Waals surface area contributed by atoms with Crippen molar-refractivity contribution in [2.75, 3.05) is 0 Å². The highest BCUT2D eigenvalue weighted by atomic mass is 16.4. The molecule has 0 saturated carbocycles. The van der Waals surface area contributed by atoms with Crippen LogP contribution in [-0.2, 0) is 11.2 Å². The van der Waals surface area contributed by atoms with Crippen LogP contribution in [0.5, 0.6) is 0 Å². The molecule has 1 aromatic heterocycles. The number of carbonyl (C=O) groups is 1. The first-order valence-corrected chi connectivity index (χ1v) is 5.62. The van der Waals surface area contributed by atoms with Crippen LogP contribution in [0, 0.1) is 6.92 Å². The molecule has 0 amide bonds. The molecule has 88 valence electrons. The lowest BCUT2D eigenvalue weighted by Gasteiger charge is -1.95. The topological polar surface area (TPSA) is 53.1 Å². The minimum absolute atomic E-state index is 0.174. The Labute approximate surface area is 100 Å². The summed E-state index contributed by atoms with van der Waals surface area (Å²) in [7, 11) is 0. The van der Waals surface area contributed by atoms with Crippen LogP contribution in [0.1, 0.15) is 17.7 Å². The Kier molecular flexibility index (Phi) is 3.28. The lowest BCUT2D eigenvalue weighted by Crippen LogP contribution is -1.97. The fourth-order valence-corrected chi connectivity index (χ4v) is 1.88. The van der Waals surface area contributed by atoms with Crippen LogP contribution < -0.4 is 0 Å². The molecular formula is C14H15NO2. The summed E-state index contributed by atoms with van der Waals surface area (Å²) < 4.78 is 0. The first-order chi connectivity index (χ1) is 8.16. The number of nitrogens with one attached hydrogen (secondary N) is 1. The third-order valence-electron chi connectivity index (χ3n) is 2.82. The summed E-state index contributed by atoms with van der Waals surface area (Å²) >= 11 is 0. The number of aliphatic carboxylic acids is 1. The molecule has 17 heavy (non-hydrogen) atoms. The smallest absolute Gasteiger partial charge is 0.303 e. The lowest BCUT2D eigenvalue weighted by atomic mass is 10.1. The normalized spacial score (nSPS) is 10.4. The van der Waals surface area contributed by atoms with Gasteiger partial charge in [0.1, 0.15) is 0 Å². The summed E-state index contributed by atoms with van der Waals surface area (Å²) in [5.74, 6) is -0.758. The monoisotopic (exact) mass is 229 g/mol. The van der Waals surface area contributed by atoms with Crippen molar-refractivity contribution in [1.82, 2.24) is 4.98 Å². The second kappa shape index (κ2) is 4.87. The zero-order valence-corrected chi connectivity index (χ0v) is 9.73. The molecule has 3 heteroatoms. The fourth-order valence-electron chi connectivity index (χ4n) is 1.88. The molecule has 0 unspecified atom stereocenters. The van der Waals surface area contributed by atoms with E-state index in [0.717, 1.165) is 22.5 Å². The quantitative estimate of drug-likeness (QED) is 0.846. The van der Waals surface area contributed by atoms with E-state index in [-0.39, 0.29) is 6.42 Å². The largest absolute Gasteiger partial charge is 0.481 e. The van der Waals surface area contributed by atoms with Gasteiger partial charge in [-0.1, -0.05) is 30.3 Å². The third-order valence-corrected chi connectivity index (χ3v) is 2.82. The van der Waals surface area contributed by atoms with Gasteiger partial charge in [-0.25, -0.2) is 0 Å². The van der Waals surface area contributed by atoms with E-state index in [1.807, 2.05) is 43.3 Å². The molecule has 0 radical (unpaired) electrons. The van der Waals surface area contributed by atoms with Crippen molar-refractivity contribution < 1.29 is 9.90 Å². The van der Waals surface area contributed by atoms with E-state index in [2.05, 4.69) is 4.98 Å². The molecule has 1 heterocycles. The Bertz CT molecular complexity index is 514. The van der Waals surface area contributed by atoms with Crippen LogP contribution in [0.4, 0.5) is 0 Å². The molecule has 2 rings (SSSR count). The van der Waals surface area contributed by atoms with E-state index in [1.54, 1.807) is 0 Å². The van der Waals surface area contributed by atoms with Gasteiger partial charge in [0, 0.05) is 17.8 Å². The van der Waals surface area contributed by atoms with Gasteiger partial charge in [-0.15, -0.1) is 0 Å². The Balaban J connectivity index is 2.22. The van der Waals surface area contributed by atoms with Crippen molar-refractivity contribution >= 4 is 5.97 Å². The maximum absolute atomic E-state index is 10.6. The van der Waals surface area contributed by atoms with Crippen LogP contribution >= 0.6 is 0 Å². The van der Waals surface area contributed by atoms with Crippen molar-refractivity contribution in [2.24, 2.45) is 0 Å². The molecule has 0 aliphatic rings. The van der Waals surface area contributed by atoms with Gasteiger partial charge in [0.25, 0.3) is 0 Å². The average molecular weight is 229 g/mol. The maximum atomic E-state index is 10.6. The Morgan fingerprint density at radius 1 is 1.29 bits per heavy atom. The molecule has 0 bridgehead atoms. The van der Waals surface area contributed by atoms with Crippen LogP contribution in [0.25, 0.3) is 11.3 Å². The number of aryl methyl sites for hydroxylation is 2. The van der Waals surface area contributed by atoms with Gasteiger partial charge in [0.15, 0.2) is 0 Å². The van der Waals surface area contributed by atoms with Gasteiger partial charge >= 0.3 is 5.97 Å². The van der Waals surface area contributed by atoms with Gasteiger partial charge in [-0.05, 0) is 30.5 Å². The molecule has 1 aromatic carbocycles. The van der Waals surface area contributed by atoms with Crippen LogP contribution in [0.3, 0.4) is 0 Å². The zero-order valence-electron chi connectivity index (χ0n) is 9.73. The molecular weight excluding hydrogens is 214 g/mol. The number of aromatic nitrogens is 1. The Morgan fingerprint density at radius 2 is 2.00 bits per heavy atom. The molecule has 0 fully saturated rings. The van der Waals surface area contributed by atoms with Gasteiger partial charge in [0.2, 0.25) is 0 Å². The van der Waals surface area contributed by atoms with Crippen LogP contribution in [0.2, 0.25) is 0 Å². The maximum Gasteiger partial charge on any atom is 0.303 e. The average Bonchev–Trinajstić information content (AvgIpc) is 2.69. The van der Waals surface area contributed by atoms with Crippen molar-refractivity contribution in [3.8, 4) is 11.3 Å². The first kappa shape index (κ1) is 11.5. The highest BCUT2D eigenvalue weighted by Gasteiger charge is 2.07. The summed E-state index contributed by atoms with van der Waals surface area (Å²) in [5.41, 5.74) is 4.29. The fraction of sp³-hybridized carbons (Fsp3) is 0.214. The predicted molar refractivity (Wildman–Crippen MR) is 66.9 cm³/mol. The number of H-pyrrole nitrogens is 1. The second-order valence-electron chi connectivity index (χ2n) is 4.09. The predicted octanol–water partition coefficient (Wildman–Crippen LogP) is 3.01. The van der Waals surface area contributed by atoms with Crippen LogP contribution in [0.15, 0.2) is 36.4 Å². The number of carboxylic acid groups (broad SMARTS) is 1. The molecule has 0 spiro atoms. The summed E-state index contributed by atoms with van der Waals surface area (Å²) in [6, 6.07) is 12.1. The highest BCUT2D eigenvalue weighted by molar-refractivity contribution is 5.67. The standard InChI is InChI=1S/C14H15NO2/c1-10-12(7-8-14(16)17)9-13(15-10)11-5-3-2-4-6-11/h2-6,9,15H,7-8H2,1H3,(H,16,17). The minimum Gasteiger partial charge on any atom is -0.481 e. The molecule has 0 aliphatic carbocycles. The molecule has 2 aromatic rings. The van der Waals surface area contributed by atoms with E-state index in [1.165, 1.54) is 0 Å². The van der Waals surface area contributed by atoms with E-state index in [4.69, 9.17) is 5.11 Å². The Morgan fingerprint density at radius 3 is 2.65 bits per heavy atom. The summed E-state index contributed by atoms with van der Waals surface area (Å²) in [6.07, 6.45) is 0.747.